The molecule has 0 radical (unpaired) electrons. The Morgan fingerprint density at radius 3 is 3.00 bits per heavy atom. The summed E-state index contributed by atoms with van der Waals surface area (Å²) < 4.78 is 0. The summed E-state index contributed by atoms with van der Waals surface area (Å²) >= 11 is 0. The minimum atomic E-state index is 0.610. The second-order valence-corrected chi connectivity index (χ2v) is 3.76. The largest absolute Gasteiger partial charge is 0.350 e. The topological polar surface area (TPSA) is 79.6 Å². The molecule has 1 aromatic carbocycles. The van der Waals surface area contributed by atoms with Crippen molar-refractivity contribution in [1.29, 1.82) is 0 Å². The van der Waals surface area contributed by atoms with Crippen LogP contribution in [0.25, 0.3) is 21.9 Å². The number of nitrogen functional groups attached to an aromatic ring is 1. The Balaban J connectivity index is 2.50. The first kappa shape index (κ1) is 9.11. The molecule has 80 valence electrons. The molecule has 0 atom stereocenters. The van der Waals surface area contributed by atoms with Gasteiger partial charge in [-0.15, -0.1) is 0 Å². The Kier molecular flexibility index (Phi) is 1.81. The van der Waals surface area contributed by atoms with Crippen molar-refractivity contribution in [1.82, 2.24) is 15.0 Å². The van der Waals surface area contributed by atoms with Crippen molar-refractivity contribution in [2.45, 2.75) is 6.92 Å². The number of aryl methyl sites for hydroxylation is 1. The summed E-state index contributed by atoms with van der Waals surface area (Å²) in [6.07, 6.45) is 1.51. The highest BCUT2D eigenvalue weighted by Gasteiger charge is 2.09. The van der Waals surface area contributed by atoms with Gasteiger partial charge < -0.3 is 10.4 Å². The summed E-state index contributed by atoms with van der Waals surface area (Å²) in [6.45, 7) is 2.06. The molecule has 0 bridgehead atoms. The number of nitrogens with two attached hydrogens (primary N) is 1. The van der Waals surface area contributed by atoms with Crippen LogP contribution in [0, 0.1) is 6.92 Å². The highest BCUT2D eigenvalue weighted by Crippen LogP contribution is 2.27. The van der Waals surface area contributed by atoms with E-state index in [1.54, 1.807) is 0 Å². The molecule has 0 amide bonds. The molecular formula is C11H11N5. The monoisotopic (exact) mass is 213 g/mol. The lowest BCUT2D eigenvalue weighted by Crippen LogP contribution is -2.09. The molecule has 3 aromatic rings. The van der Waals surface area contributed by atoms with E-state index in [1.807, 2.05) is 6.07 Å². The second kappa shape index (κ2) is 3.18. The van der Waals surface area contributed by atoms with Gasteiger partial charge in [-0.25, -0.2) is 15.8 Å². The molecule has 5 heteroatoms. The number of aromatic nitrogens is 3. The highest BCUT2D eigenvalue weighted by atomic mass is 15.3. The minimum Gasteiger partial charge on any atom is -0.350 e. The molecular weight excluding hydrogens is 202 g/mol. The van der Waals surface area contributed by atoms with Gasteiger partial charge >= 0.3 is 0 Å². The van der Waals surface area contributed by atoms with E-state index in [1.165, 1.54) is 11.9 Å². The quantitative estimate of drug-likeness (QED) is 0.424. The zero-order chi connectivity index (χ0) is 11.1. The second-order valence-electron chi connectivity index (χ2n) is 3.76. The van der Waals surface area contributed by atoms with Gasteiger partial charge in [0.25, 0.3) is 0 Å². The lowest BCUT2D eigenvalue weighted by Gasteiger charge is -1.98. The molecule has 2 heterocycles. The maximum atomic E-state index is 5.41. The van der Waals surface area contributed by atoms with Crippen LogP contribution in [0.2, 0.25) is 0 Å². The summed E-state index contributed by atoms with van der Waals surface area (Å²) in [5.41, 5.74) is 6.53. The van der Waals surface area contributed by atoms with Crippen molar-refractivity contribution in [2.75, 3.05) is 5.43 Å². The highest BCUT2D eigenvalue weighted by molar-refractivity contribution is 6.08. The summed E-state index contributed by atoms with van der Waals surface area (Å²) in [7, 11) is 0. The number of nitrogens with zero attached hydrogens (tertiary/aromatic N) is 2. The third-order valence-corrected chi connectivity index (χ3v) is 2.67. The number of hydrazine groups is 1. The molecule has 0 saturated carbocycles. The number of H-pyrrole nitrogens is 1. The molecule has 0 saturated heterocycles. The van der Waals surface area contributed by atoms with Gasteiger partial charge in [-0.1, -0.05) is 11.6 Å². The minimum absolute atomic E-state index is 0.610. The smallest absolute Gasteiger partial charge is 0.167 e. The van der Waals surface area contributed by atoms with Gasteiger partial charge in [-0.2, -0.15) is 0 Å². The van der Waals surface area contributed by atoms with Gasteiger partial charge in [0.05, 0.1) is 0 Å². The first-order chi connectivity index (χ1) is 7.79. The number of hydrogen-bond acceptors (Lipinski definition) is 4. The van der Waals surface area contributed by atoms with Crippen molar-refractivity contribution in [3.8, 4) is 0 Å². The maximum Gasteiger partial charge on any atom is 0.167 e. The molecule has 0 aliphatic carbocycles. The predicted molar refractivity (Wildman–Crippen MR) is 63.9 cm³/mol. The van der Waals surface area contributed by atoms with Crippen molar-refractivity contribution in [3.63, 3.8) is 0 Å². The fourth-order valence-corrected chi connectivity index (χ4v) is 1.92. The average Bonchev–Trinajstić information content (AvgIpc) is 2.67. The van der Waals surface area contributed by atoms with Crippen LogP contribution in [-0.2, 0) is 0 Å². The van der Waals surface area contributed by atoms with E-state index < -0.39 is 0 Å². The van der Waals surface area contributed by atoms with Gasteiger partial charge in [0, 0.05) is 10.9 Å². The van der Waals surface area contributed by atoms with Crippen molar-refractivity contribution >= 4 is 27.8 Å². The number of rotatable bonds is 1. The number of fused-ring (bicyclic) bond motifs is 3. The Morgan fingerprint density at radius 1 is 1.31 bits per heavy atom. The zero-order valence-electron chi connectivity index (χ0n) is 8.78. The Morgan fingerprint density at radius 2 is 2.19 bits per heavy atom. The lowest BCUT2D eigenvalue weighted by molar-refractivity contribution is 1.18. The Hall–Kier alpha value is -2.14. The van der Waals surface area contributed by atoms with Gasteiger partial charge in [-0.3, -0.25) is 0 Å². The van der Waals surface area contributed by atoms with E-state index in [9.17, 15) is 0 Å². The van der Waals surface area contributed by atoms with E-state index in [0.29, 0.717) is 5.82 Å². The number of benzene rings is 1. The van der Waals surface area contributed by atoms with Crippen LogP contribution in [0.5, 0.6) is 0 Å². The summed E-state index contributed by atoms with van der Waals surface area (Å²) in [5.74, 6) is 6.02. The Bertz CT molecular complexity index is 670. The zero-order valence-corrected chi connectivity index (χ0v) is 8.78. The van der Waals surface area contributed by atoms with Crippen LogP contribution in [0.1, 0.15) is 5.56 Å². The number of hydrogen-bond donors (Lipinski definition) is 3. The molecule has 0 spiro atoms. The van der Waals surface area contributed by atoms with E-state index in [-0.39, 0.29) is 0 Å². The average molecular weight is 213 g/mol. The fraction of sp³-hybridized carbons (Fsp3) is 0.0909. The van der Waals surface area contributed by atoms with Crippen molar-refractivity contribution in [3.05, 3.63) is 30.1 Å². The molecule has 0 aliphatic rings. The van der Waals surface area contributed by atoms with E-state index in [2.05, 4.69) is 39.4 Å². The number of anilines is 1. The van der Waals surface area contributed by atoms with E-state index in [0.717, 1.165) is 21.9 Å². The molecule has 5 nitrogen and oxygen atoms in total. The molecule has 0 fully saturated rings. The molecule has 4 N–H and O–H groups in total. The van der Waals surface area contributed by atoms with Crippen LogP contribution < -0.4 is 11.3 Å². The number of aromatic amines is 1. The van der Waals surface area contributed by atoms with Gasteiger partial charge in [-0.05, 0) is 19.1 Å². The summed E-state index contributed by atoms with van der Waals surface area (Å²) in [4.78, 5) is 11.6. The summed E-state index contributed by atoms with van der Waals surface area (Å²) in [6, 6.07) is 6.19. The molecule has 0 unspecified atom stereocenters. The third-order valence-electron chi connectivity index (χ3n) is 2.67. The van der Waals surface area contributed by atoms with Crippen molar-refractivity contribution in [2.24, 2.45) is 5.84 Å². The number of nitrogens with one attached hydrogen (secondary N) is 2. The lowest BCUT2D eigenvalue weighted by atomic mass is 10.2. The van der Waals surface area contributed by atoms with Gasteiger partial charge in [0.1, 0.15) is 17.4 Å². The SMILES string of the molecule is Cc1ccc2[nH]c3c(NN)ncnc3c2c1. The van der Waals surface area contributed by atoms with Crippen LogP contribution in [0.4, 0.5) is 5.82 Å². The van der Waals surface area contributed by atoms with E-state index in [4.69, 9.17) is 5.84 Å². The van der Waals surface area contributed by atoms with Crippen LogP contribution in [0.15, 0.2) is 24.5 Å². The first-order valence-corrected chi connectivity index (χ1v) is 4.99. The van der Waals surface area contributed by atoms with Crippen LogP contribution in [0.3, 0.4) is 0 Å². The predicted octanol–water partition coefficient (Wildman–Crippen LogP) is 1.71. The Labute approximate surface area is 91.7 Å². The maximum absolute atomic E-state index is 5.41. The molecule has 0 aliphatic heterocycles. The van der Waals surface area contributed by atoms with Gasteiger partial charge in [0.15, 0.2) is 5.82 Å². The third kappa shape index (κ3) is 1.15. The van der Waals surface area contributed by atoms with Gasteiger partial charge in [0.2, 0.25) is 0 Å². The van der Waals surface area contributed by atoms with Crippen LogP contribution >= 0.6 is 0 Å². The standard InChI is InChI=1S/C11H11N5/c1-6-2-3-8-7(4-6)9-10(15-8)11(16-12)14-5-13-9/h2-5,15H,12H2,1H3,(H,13,14,16). The van der Waals surface area contributed by atoms with Crippen LogP contribution in [-0.4, -0.2) is 15.0 Å². The molecule has 2 aromatic heterocycles. The normalized spacial score (nSPS) is 11.1. The van der Waals surface area contributed by atoms with E-state index >= 15 is 0 Å². The van der Waals surface area contributed by atoms with Crippen molar-refractivity contribution < 1.29 is 0 Å². The first-order valence-electron chi connectivity index (χ1n) is 4.99. The fourth-order valence-electron chi connectivity index (χ4n) is 1.92. The summed E-state index contributed by atoms with van der Waals surface area (Å²) in [5, 5.41) is 1.09. The molecule has 16 heavy (non-hydrogen) atoms. The molecule has 3 rings (SSSR count).